The van der Waals surface area contributed by atoms with E-state index in [1.807, 2.05) is 24.3 Å². The average molecular weight is 405 g/mol. The van der Waals surface area contributed by atoms with Gasteiger partial charge in [0.05, 0.1) is 0 Å². The van der Waals surface area contributed by atoms with Crippen molar-refractivity contribution < 1.29 is 4.52 Å². The van der Waals surface area contributed by atoms with Gasteiger partial charge in [0.1, 0.15) is 6.54 Å². The van der Waals surface area contributed by atoms with Gasteiger partial charge in [0.25, 0.3) is 0 Å². The molecule has 0 amide bonds. The van der Waals surface area contributed by atoms with Crippen LogP contribution in [0.25, 0.3) is 11.4 Å². The van der Waals surface area contributed by atoms with Crippen molar-refractivity contribution in [2.75, 3.05) is 19.6 Å². The number of aromatic nitrogens is 2. The van der Waals surface area contributed by atoms with Crippen LogP contribution in [-0.4, -0.2) is 52.7 Å². The molecule has 1 aliphatic heterocycles. The summed E-state index contributed by atoms with van der Waals surface area (Å²) < 4.78 is 5.35. The van der Waals surface area contributed by atoms with Gasteiger partial charge in [0, 0.05) is 42.3 Å². The van der Waals surface area contributed by atoms with Crippen molar-refractivity contribution >= 4 is 17.6 Å². The first-order valence-corrected chi connectivity index (χ1v) is 10.2. The summed E-state index contributed by atoms with van der Waals surface area (Å²) in [7, 11) is 0. The number of rotatable bonds is 6. The highest BCUT2D eigenvalue weighted by atomic mass is 35.5. The summed E-state index contributed by atoms with van der Waals surface area (Å²) in [5.41, 5.74) is 0.824. The van der Waals surface area contributed by atoms with Crippen LogP contribution in [0.2, 0.25) is 5.02 Å². The number of nitrogens with one attached hydrogen (secondary N) is 2. The van der Waals surface area contributed by atoms with Crippen molar-refractivity contribution in [2.45, 2.75) is 46.3 Å². The van der Waals surface area contributed by atoms with Gasteiger partial charge < -0.3 is 15.2 Å². The predicted octanol–water partition coefficient (Wildman–Crippen LogP) is 3.17. The first-order valence-electron chi connectivity index (χ1n) is 9.83. The van der Waals surface area contributed by atoms with E-state index in [1.54, 1.807) is 0 Å². The maximum absolute atomic E-state index is 6.03. The van der Waals surface area contributed by atoms with Crippen molar-refractivity contribution in [3.05, 3.63) is 35.2 Å². The van der Waals surface area contributed by atoms with Crippen LogP contribution in [-0.2, 0) is 6.54 Å². The normalized spacial score (nSPS) is 20.7. The Hall–Kier alpha value is -2.12. The lowest BCUT2D eigenvalue weighted by atomic mass is 10.1. The van der Waals surface area contributed by atoms with Gasteiger partial charge in [-0.25, -0.2) is 4.99 Å². The van der Waals surface area contributed by atoms with Crippen LogP contribution < -0.4 is 10.6 Å². The maximum Gasteiger partial charge on any atom is 0.248 e. The molecule has 1 saturated heterocycles. The zero-order chi connectivity index (χ0) is 20.1. The van der Waals surface area contributed by atoms with Crippen LogP contribution in [0, 0.1) is 5.92 Å². The molecule has 28 heavy (non-hydrogen) atoms. The maximum atomic E-state index is 6.03. The van der Waals surface area contributed by atoms with Crippen LogP contribution in [0.5, 0.6) is 0 Å². The zero-order valence-electron chi connectivity index (χ0n) is 16.9. The molecule has 0 bridgehead atoms. The molecule has 1 aliphatic rings. The van der Waals surface area contributed by atoms with Crippen molar-refractivity contribution in [1.82, 2.24) is 25.7 Å². The van der Waals surface area contributed by atoms with Crippen LogP contribution >= 0.6 is 11.6 Å². The number of benzene rings is 1. The average Bonchev–Trinajstić information content (AvgIpc) is 3.27. The van der Waals surface area contributed by atoms with E-state index in [2.05, 4.69) is 58.4 Å². The summed E-state index contributed by atoms with van der Waals surface area (Å²) >= 11 is 6.03. The molecule has 1 aromatic carbocycles. The topological polar surface area (TPSA) is 78.6 Å². The number of aliphatic imine (C=N–C) groups is 1. The van der Waals surface area contributed by atoms with Gasteiger partial charge in [-0.15, -0.1) is 0 Å². The molecule has 0 spiro atoms. The summed E-state index contributed by atoms with van der Waals surface area (Å²) in [5.74, 6) is 2.31. The molecular weight excluding hydrogens is 376 g/mol. The Labute approximate surface area is 171 Å². The van der Waals surface area contributed by atoms with Crippen LogP contribution in [0.4, 0.5) is 0 Å². The lowest BCUT2D eigenvalue weighted by Crippen LogP contribution is -2.46. The summed E-state index contributed by atoms with van der Waals surface area (Å²) in [6.45, 7) is 12.0. The Morgan fingerprint density at radius 2 is 2.21 bits per heavy atom. The van der Waals surface area contributed by atoms with Crippen LogP contribution in [0.3, 0.4) is 0 Å². The molecule has 0 aliphatic carbocycles. The SMILES string of the molecule is CCNC(=NCc1nc(-c2cccc(Cl)c2)no1)NC1CN(C(C)C)CC1C. The van der Waals surface area contributed by atoms with E-state index >= 15 is 0 Å². The van der Waals surface area contributed by atoms with Gasteiger partial charge in [0.2, 0.25) is 11.7 Å². The van der Waals surface area contributed by atoms with E-state index in [4.69, 9.17) is 16.1 Å². The van der Waals surface area contributed by atoms with Gasteiger partial charge in [-0.05, 0) is 38.8 Å². The fraction of sp³-hybridized carbons (Fsp3) is 0.550. The van der Waals surface area contributed by atoms with Gasteiger partial charge in [-0.3, -0.25) is 4.90 Å². The number of halogens is 1. The minimum absolute atomic E-state index is 0.317. The molecule has 0 saturated carbocycles. The quantitative estimate of drug-likeness (QED) is 0.568. The molecule has 2 N–H and O–H groups in total. The first kappa shape index (κ1) is 20.6. The van der Waals surface area contributed by atoms with Gasteiger partial charge in [0.15, 0.2) is 5.96 Å². The molecule has 1 fully saturated rings. The molecule has 0 radical (unpaired) electrons. The minimum atomic E-state index is 0.317. The number of likely N-dealkylation sites (tertiary alicyclic amines) is 1. The Bertz CT molecular complexity index is 805. The van der Waals surface area contributed by atoms with Gasteiger partial charge in [-0.2, -0.15) is 4.98 Å². The number of hydrogen-bond donors (Lipinski definition) is 2. The highest BCUT2D eigenvalue weighted by Crippen LogP contribution is 2.20. The van der Waals surface area contributed by atoms with Gasteiger partial charge >= 0.3 is 0 Å². The third-order valence-corrected chi connectivity index (χ3v) is 5.20. The van der Waals surface area contributed by atoms with Crippen LogP contribution in [0.1, 0.15) is 33.6 Å². The molecule has 2 unspecified atom stereocenters. The van der Waals surface area contributed by atoms with E-state index in [9.17, 15) is 0 Å². The Morgan fingerprint density at radius 3 is 2.89 bits per heavy atom. The highest BCUT2D eigenvalue weighted by molar-refractivity contribution is 6.30. The number of hydrogen-bond acceptors (Lipinski definition) is 5. The second kappa shape index (κ2) is 9.39. The summed E-state index contributed by atoms with van der Waals surface area (Å²) in [4.78, 5) is 11.5. The Morgan fingerprint density at radius 1 is 1.39 bits per heavy atom. The van der Waals surface area contributed by atoms with E-state index < -0.39 is 0 Å². The summed E-state index contributed by atoms with van der Waals surface area (Å²) in [6.07, 6.45) is 0. The molecule has 3 rings (SSSR count). The van der Waals surface area contributed by atoms with Crippen molar-refractivity contribution in [3.8, 4) is 11.4 Å². The lowest BCUT2D eigenvalue weighted by Gasteiger charge is -2.21. The first-order chi connectivity index (χ1) is 13.5. The number of guanidine groups is 1. The lowest BCUT2D eigenvalue weighted by molar-refractivity contribution is 0.265. The number of nitrogens with zero attached hydrogens (tertiary/aromatic N) is 4. The predicted molar refractivity (Wildman–Crippen MR) is 112 cm³/mol. The zero-order valence-corrected chi connectivity index (χ0v) is 17.7. The van der Waals surface area contributed by atoms with E-state index in [0.29, 0.717) is 41.3 Å². The van der Waals surface area contributed by atoms with E-state index in [1.165, 1.54) is 0 Å². The third-order valence-electron chi connectivity index (χ3n) is 4.96. The monoisotopic (exact) mass is 404 g/mol. The molecule has 1 aromatic heterocycles. The second-order valence-corrected chi connectivity index (χ2v) is 7.93. The second-order valence-electron chi connectivity index (χ2n) is 7.49. The molecule has 2 aromatic rings. The molecule has 2 atom stereocenters. The third kappa shape index (κ3) is 5.23. The summed E-state index contributed by atoms with van der Waals surface area (Å²) in [5, 5.41) is 11.5. The fourth-order valence-corrected chi connectivity index (χ4v) is 3.51. The van der Waals surface area contributed by atoms with E-state index in [-0.39, 0.29) is 0 Å². The molecule has 8 heteroatoms. The Kier molecular flexibility index (Phi) is 6.91. The molecular formula is C20H29ClN6O. The smallest absolute Gasteiger partial charge is 0.248 e. The van der Waals surface area contributed by atoms with Gasteiger partial charge in [-0.1, -0.05) is 35.8 Å². The minimum Gasteiger partial charge on any atom is -0.357 e. The standard InChI is InChI=1S/C20H29ClN6O/c1-5-22-20(24-17-12-27(13(2)3)11-14(17)4)23-10-18-25-19(26-28-18)15-7-6-8-16(21)9-15/h6-9,13-14,17H,5,10-12H2,1-4H3,(H2,22,23,24). The largest absolute Gasteiger partial charge is 0.357 e. The fourth-order valence-electron chi connectivity index (χ4n) is 3.32. The van der Waals surface area contributed by atoms with Crippen molar-refractivity contribution in [1.29, 1.82) is 0 Å². The molecule has 152 valence electrons. The summed E-state index contributed by atoms with van der Waals surface area (Å²) in [6, 6.07) is 8.31. The van der Waals surface area contributed by atoms with Crippen LogP contribution in [0.15, 0.2) is 33.8 Å². The van der Waals surface area contributed by atoms with Crippen molar-refractivity contribution in [2.24, 2.45) is 10.9 Å². The molecule has 2 heterocycles. The van der Waals surface area contributed by atoms with E-state index in [0.717, 1.165) is 31.2 Å². The van der Waals surface area contributed by atoms with Crippen molar-refractivity contribution in [3.63, 3.8) is 0 Å². The Balaban J connectivity index is 1.65. The highest BCUT2D eigenvalue weighted by Gasteiger charge is 2.31. The molecule has 7 nitrogen and oxygen atoms in total.